The summed E-state index contributed by atoms with van der Waals surface area (Å²) >= 11 is 7.61. The molecule has 3 heterocycles. The minimum Gasteiger partial charge on any atom is -0.361 e. The van der Waals surface area contributed by atoms with Crippen molar-refractivity contribution in [3.63, 3.8) is 0 Å². The second-order valence-corrected chi connectivity index (χ2v) is 6.81. The number of fused-ring (bicyclic) bond motifs is 2. The van der Waals surface area contributed by atoms with Gasteiger partial charge in [-0.25, -0.2) is 4.98 Å². The minimum atomic E-state index is -0.152. The second-order valence-electron chi connectivity index (χ2n) is 5.58. The fourth-order valence-corrected chi connectivity index (χ4v) is 3.80. The molecule has 5 nitrogen and oxygen atoms in total. The summed E-state index contributed by atoms with van der Waals surface area (Å²) in [5.41, 5.74) is 3.02. The predicted molar refractivity (Wildman–Crippen MR) is 102 cm³/mol. The molecule has 0 radical (unpaired) electrons. The highest BCUT2D eigenvalue weighted by molar-refractivity contribution is 7.15. The van der Waals surface area contributed by atoms with E-state index in [2.05, 4.69) is 21.4 Å². The van der Waals surface area contributed by atoms with Gasteiger partial charge in [-0.15, -0.1) is 11.3 Å². The van der Waals surface area contributed by atoms with Crippen LogP contribution in [0.2, 0.25) is 5.15 Å². The van der Waals surface area contributed by atoms with E-state index in [0.29, 0.717) is 17.4 Å². The Kier molecular flexibility index (Phi) is 4.29. The Morgan fingerprint density at radius 2 is 2.28 bits per heavy atom. The van der Waals surface area contributed by atoms with Gasteiger partial charge in [-0.2, -0.15) is 0 Å². The zero-order valence-corrected chi connectivity index (χ0v) is 14.8. The van der Waals surface area contributed by atoms with E-state index in [1.807, 2.05) is 40.4 Å². The maximum atomic E-state index is 12.0. The molecule has 25 heavy (non-hydrogen) atoms. The van der Waals surface area contributed by atoms with Crippen LogP contribution in [0.15, 0.2) is 48.1 Å². The first-order chi connectivity index (χ1) is 12.2. The summed E-state index contributed by atoms with van der Waals surface area (Å²) in [5.74, 6) is -0.152. The number of carbonyl (C=O) groups is 1. The molecule has 4 aromatic rings. The molecular weight excluding hydrogens is 356 g/mol. The number of aromatic amines is 1. The first kappa shape index (κ1) is 15.9. The molecule has 0 saturated carbocycles. The van der Waals surface area contributed by atoms with E-state index in [4.69, 9.17) is 11.6 Å². The number of benzene rings is 1. The molecule has 0 atom stereocenters. The Balaban J connectivity index is 1.38. The highest BCUT2D eigenvalue weighted by Crippen LogP contribution is 2.22. The zero-order chi connectivity index (χ0) is 17.2. The molecule has 3 aromatic heterocycles. The normalized spacial score (nSPS) is 11.7. The van der Waals surface area contributed by atoms with Crippen LogP contribution in [0.1, 0.15) is 11.3 Å². The lowest BCUT2D eigenvalue weighted by Crippen LogP contribution is -2.23. The minimum absolute atomic E-state index is 0.152. The summed E-state index contributed by atoms with van der Waals surface area (Å²) in [4.78, 5) is 20.3. The molecule has 1 amide bonds. The molecule has 0 aliphatic rings. The quantitative estimate of drug-likeness (QED) is 0.523. The molecule has 2 N–H and O–H groups in total. The molecule has 4 rings (SSSR count). The van der Waals surface area contributed by atoms with Crippen molar-refractivity contribution in [3.05, 3.63) is 64.5 Å². The first-order valence-electron chi connectivity index (χ1n) is 7.84. The van der Waals surface area contributed by atoms with Gasteiger partial charge in [0, 0.05) is 41.3 Å². The second kappa shape index (κ2) is 6.74. The van der Waals surface area contributed by atoms with Gasteiger partial charge in [-0.05, 0) is 24.1 Å². The van der Waals surface area contributed by atoms with Gasteiger partial charge >= 0.3 is 0 Å². The number of hydrogen-bond donors (Lipinski definition) is 2. The number of H-pyrrole nitrogens is 1. The summed E-state index contributed by atoms with van der Waals surface area (Å²) in [7, 11) is 0. The fourth-order valence-electron chi connectivity index (χ4n) is 2.80. The van der Waals surface area contributed by atoms with Crippen LogP contribution < -0.4 is 5.32 Å². The van der Waals surface area contributed by atoms with Crippen molar-refractivity contribution in [2.75, 3.05) is 6.54 Å². The fraction of sp³-hybridized carbons (Fsp3) is 0.111. The number of thiazole rings is 1. The van der Waals surface area contributed by atoms with Gasteiger partial charge in [-0.3, -0.25) is 9.20 Å². The smallest absolute Gasteiger partial charge is 0.244 e. The molecule has 126 valence electrons. The van der Waals surface area contributed by atoms with Crippen molar-refractivity contribution in [2.24, 2.45) is 0 Å². The highest BCUT2D eigenvalue weighted by atomic mass is 35.5. The van der Waals surface area contributed by atoms with Crippen molar-refractivity contribution >= 4 is 50.8 Å². The van der Waals surface area contributed by atoms with Crippen molar-refractivity contribution < 1.29 is 4.79 Å². The van der Waals surface area contributed by atoms with Gasteiger partial charge in [-0.1, -0.05) is 29.8 Å². The molecule has 0 aliphatic heterocycles. The summed E-state index contributed by atoms with van der Waals surface area (Å²) in [6.45, 7) is 0.568. The summed E-state index contributed by atoms with van der Waals surface area (Å²) in [6, 6.07) is 8.14. The lowest BCUT2D eigenvalue weighted by molar-refractivity contribution is -0.116. The maximum Gasteiger partial charge on any atom is 0.244 e. The van der Waals surface area contributed by atoms with Gasteiger partial charge in [0.05, 0.1) is 5.69 Å². The summed E-state index contributed by atoms with van der Waals surface area (Å²) in [6.07, 6.45) is 7.82. The number of nitrogens with zero attached hydrogens (tertiary/aromatic N) is 2. The van der Waals surface area contributed by atoms with Crippen molar-refractivity contribution in [1.29, 1.82) is 0 Å². The number of imidazole rings is 1. The molecule has 0 bridgehead atoms. The van der Waals surface area contributed by atoms with Crippen LogP contribution in [0, 0.1) is 0 Å². The third kappa shape index (κ3) is 3.18. The highest BCUT2D eigenvalue weighted by Gasteiger charge is 2.09. The Labute approximate surface area is 153 Å². The molecule has 0 saturated heterocycles. The first-order valence-corrected chi connectivity index (χ1v) is 9.10. The largest absolute Gasteiger partial charge is 0.361 e. The average molecular weight is 371 g/mol. The van der Waals surface area contributed by atoms with E-state index >= 15 is 0 Å². The molecule has 7 heteroatoms. The predicted octanol–water partition coefficient (Wildman–Crippen LogP) is 3.90. The van der Waals surface area contributed by atoms with Gasteiger partial charge in [0.25, 0.3) is 0 Å². The molecule has 0 aliphatic carbocycles. The van der Waals surface area contributed by atoms with E-state index in [9.17, 15) is 4.79 Å². The van der Waals surface area contributed by atoms with Gasteiger partial charge in [0.15, 0.2) is 10.1 Å². The van der Waals surface area contributed by atoms with Crippen LogP contribution in [0.3, 0.4) is 0 Å². The average Bonchev–Trinajstić information content (AvgIpc) is 3.29. The lowest BCUT2D eigenvalue weighted by atomic mass is 10.1. The molecule has 0 fully saturated rings. The molecule has 1 aromatic carbocycles. The molecule has 0 unspecified atom stereocenters. The van der Waals surface area contributed by atoms with Crippen LogP contribution >= 0.6 is 22.9 Å². The van der Waals surface area contributed by atoms with E-state index in [-0.39, 0.29) is 5.91 Å². The van der Waals surface area contributed by atoms with E-state index < -0.39 is 0 Å². The van der Waals surface area contributed by atoms with Crippen LogP contribution in [0.4, 0.5) is 0 Å². The summed E-state index contributed by atoms with van der Waals surface area (Å²) in [5, 5.41) is 6.42. The standard InChI is InChI=1S/C18H15ClN4OS/c19-17-15(23-9-10-25-18(23)22-17)5-6-16(24)20-8-7-12-11-21-14-4-2-1-3-13(12)14/h1-6,9-11,21H,7-8H2,(H,20,24)/b6-5+. The Morgan fingerprint density at radius 1 is 1.40 bits per heavy atom. The van der Waals surface area contributed by atoms with Crippen molar-refractivity contribution in [3.8, 4) is 0 Å². The van der Waals surface area contributed by atoms with Crippen LogP contribution in [0.5, 0.6) is 0 Å². The number of amides is 1. The third-order valence-electron chi connectivity index (χ3n) is 4.02. The Hall–Kier alpha value is -2.57. The van der Waals surface area contributed by atoms with Crippen molar-refractivity contribution in [1.82, 2.24) is 19.7 Å². The van der Waals surface area contributed by atoms with E-state index in [1.165, 1.54) is 28.4 Å². The topological polar surface area (TPSA) is 62.2 Å². The van der Waals surface area contributed by atoms with Crippen LogP contribution in [0.25, 0.3) is 21.9 Å². The Bertz CT molecular complexity index is 1080. The summed E-state index contributed by atoms with van der Waals surface area (Å²) < 4.78 is 1.86. The van der Waals surface area contributed by atoms with Crippen LogP contribution in [-0.4, -0.2) is 26.8 Å². The van der Waals surface area contributed by atoms with E-state index in [1.54, 1.807) is 6.08 Å². The number of aromatic nitrogens is 3. The number of rotatable bonds is 5. The third-order valence-corrected chi connectivity index (χ3v) is 5.05. The Morgan fingerprint density at radius 3 is 3.20 bits per heavy atom. The zero-order valence-electron chi connectivity index (χ0n) is 13.2. The molecule has 0 spiro atoms. The van der Waals surface area contributed by atoms with Gasteiger partial charge in [0.1, 0.15) is 0 Å². The number of para-hydroxylation sites is 1. The van der Waals surface area contributed by atoms with Gasteiger partial charge < -0.3 is 10.3 Å². The number of halogens is 1. The number of hydrogen-bond acceptors (Lipinski definition) is 3. The maximum absolute atomic E-state index is 12.0. The van der Waals surface area contributed by atoms with E-state index in [0.717, 1.165) is 16.9 Å². The number of nitrogens with one attached hydrogen (secondary N) is 2. The molecular formula is C18H15ClN4OS. The monoisotopic (exact) mass is 370 g/mol. The number of carbonyl (C=O) groups excluding carboxylic acids is 1. The SMILES string of the molecule is O=C(/C=C/c1c(Cl)nc2sccn12)NCCc1c[nH]c2ccccc12. The van der Waals surface area contributed by atoms with Gasteiger partial charge in [0.2, 0.25) is 5.91 Å². The van der Waals surface area contributed by atoms with Crippen molar-refractivity contribution in [2.45, 2.75) is 6.42 Å². The lowest BCUT2D eigenvalue weighted by Gasteiger charge is -2.01. The van der Waals surface area contributed by atoms with Crippen LogP contribution in [-0.2, 0) is 11.2 Å².